The highest BCUT2D eigenvalue weighted by molar-refractivity contribution is 7.82. The van der Waals surface area contributed by atoms with Crippen LogP contribution in [0.25, 0.3) is 0 Å². The van der Waals surface area contributed by atoms with Gasteiger partial charge < -0.3 is 4.74 Å². The van der Waals surface area contributed by atoms with Crippen molar-refractivity contribution in [2.45, 2.75) is 76.9 Å². The molecule has 2 aliphatic carbocycles. The Kier molecular flexibility index (Phi) is 7.37. The molecule has 0 spiro atoms. The fraction of sp³-hybridized carbons (Fsp3) is 0.708. The van der Waals surface area contributed by atoms with Crippen molar-refractivity contribution in [3.63, 3.8) is 0 Å². The number of hydrogen-bond acceptors (Lipinski definition) is 2. The molecule has 0 saturated heterocycles. The van der Waals surface area contributed by atoms with E-state index in [4.69, 9.17) is 9.73 Å². The average molecular weight is 389 g/mol. The summed E-state index contributed by atoms with van der Waals surface area (Å²) in [5, 5.41) is 1.55. The Labute approximate surface area is 167 Å². The number of hydrogen-bond donors (Lipinski definition) is 0. The molecular formula is C24H39NOP+. The Bertz CT molecular complexity index is 598. The van der Waals surface area contributed by atoms with Crippen LogP contribution in [0.4, 0.5) is 0 Å². The Morgan fingerprint density at radius 1 is 0.926 bits per heavy atom. The van der Waals surface area contributed by atoms with E-state index in [1.165, 1.54) is 51.4 Å². The first-order chi connectivity index (χ1) is 13.0. The molecule has 2 fully saturated rings. The van der Waals surface area contributed by atoms with Gasteiger partial charge in [-0.3, -0.25) is 0 Å². The van der Waals surface area contributed by atoms with Crippen LogP contribution < -0.4 is 5.30 Å². The summed E-state index contributed by atoms with van der Waals surface area (Å²) in [5.74, 6) is 2.20. The van der Waals surface area contributed by atoms with Crippen molar-refractivity contribution in [2.75, 3.05) is 19.9 Å². The van der Waals surface area contributed by atoms with Crippen LogP contribution >= 0.6 is 7.26 Å². The van der Waals surface area contributed by atoms with Crippen LogP contribution in [0.5, 0.6) is 0 Å². The summed E-state index contributed by atoms with van der Waals surface area (Å²) in [6, 6.07) is 11.5. The molecule has 3 aliphatic rings. The van der Waals surface area contributed by atoms with Crippen LogP contribution in [0.15, 0.2) is 35.3 Å². The number of aliphatic imine (C=N–C) groups is 1. The maximum absolute atomic E-state index is 6.04. The van der Waals surface area contributed by atoms with Crippen molar-refractivity contribution in [3.05, 3.63) is 30.3 Å². The van der Waals surface area contributed by atoms with Crippen LogP contribution in [0.3, 0.4) is 0 Å². The maximum Gasteiger partial charge on any atom is 0.190 e. The summed E-state index contributed by atoms with van der Waals surface area (Å²) in [4.78, 5) is 4.94. The topological polar surface area (TPSA) is 21.6 Å². The van der Waals surface area contributed by atoms with Crippen LogP contribution in [0.2, 0.25) is 0 Å². The zero-order valence-corrected chi connectivity index (χ0v) is 18.8. The molecule has 0 amide bonds. The van der Waals surface area contributed by atoms with Gasteiger partial charge in [-0.25, -0.2) is 4.99 Å². The van der Waals surface area contributed by atoms with E-state index < -0.39 is 7.26 Å². The van der Waals surface area contributed by atoms with Gasteiger partial charge in [0, 0.05) is 7.26 Å². The maximum atomic E-state index is 6.04. The summed E-state index contributed by atoms with van der Waals surface area (Å²) < 4.78 is 6.04. The van der Waals surface area contributed by atoms with Crippen molar-refractivity contribution in [3.8, 4) is 0 Å². The van der Waals surface area contributed by atoms with Crippen LogP contribution in [0.1, 0.15) is 65.2 Å². The number of ether oxygens (including phenoxy) is 1. The Balaban J connectivity index is 0.000000364. The van der Waals surface area contributed by atoms with E-state index in [9.17, 15) is 0 Å². The van der Waals surface area contributed by atoms with Gasteiger partial charge in [-0.1, -0.05) is 64.2 Å². The quantitative estimate of drug-likeness (QED) is 0.566. The molecular weight excluding hydrogens is 349 g/mol. The SMILES string of the molecule is C1CCCC1.CC(C)[C@H]1COC(C2CCCC2[P+](C)(C)c2ccccc2)=N1. The molecule has 1 aromatic rings. The van der Waals surface area contributed by atoms with Gasteiger partial charge in [0.25, 0.3) is 0 Å². The molecule has 27 heavy (non-hydrogen) atoms. The molecule has 3 heteroatoms. The minimum Gasteiger partial charge on any atom is -0.478 e. The molecule has 1 aromatic carbocycles. The Morgan fingerprint density at radius 3 is 2.11 bits per heavy atom. The lowest BCUT2D eigenvalue weighted by molar-refractivity contribution is 0.277. The smallest absolute Gasteiger partial charge is 0.190 e. The number of nitrogens with zero attached hydrogens (tertiary/aromatic N) is 1. The number of rotatable bonds is 4. The highest BCUT2D eigenvalue weighted by Crippen LogP contribution is 2.62. The highest BCUT2D eigenvalue weighted by Gasteiger charge is 2.49. The van der Waals surface area contributed by atoms with Gasteiger partial charge in [-0.05, 0) is 37.3 Å². The summed E-state index contributed by atoms with van der Waals surface area (Å²) in [6.45, 7) is 10.3. The van der Waals surface area contributed by atoms with Crippen LogP contribution in [-0.2, 0) is 4.74 Å². The second kappa shape index (κ2) is 9.55. The van der Waals surface area contributed by atoms with Crippen molar-refractivity contribution >= 4 is 18.5 Å². The van der Waals surface area contributed by atoms with Crippen LogP contribution in [0, 0.1) is 11.8 Å². The van der Waals surface area contributed by atoms with Gasteiger partial charge in [0.05, 0.1) is 36.3 Å². The normalized spacial score (nSPS) is 27.9. The molecule has 150 valence electrons. The first-order valence-electron chi connectivity index (χ1n) is 11.1. The van der Waals surface area contributed by atoms with E-state index >= 15 is 0 Å². The highest BCUT2D eigenvalue weighted by atomic mass is 31.2. The fourth-order valence-electron chi connectivity index (χ4n) is 4.84. The predicted molar refractivity (Wildman–Crippen MR) is 121 cm³/mol. The molecule has 0 bridgehead atoms. The second-order valence-electron chi connectivity index (χ2n) is 9.34. The van der Waals surface area contributed by atoms with E-state index in [0.29, 0.717) is 17.9 Å². The van der Waals surface area contributed by atoms with Crippen molar-refractivity contribution in [1.82, 2.24) is 0 Å². The molecule has 1 heterocycles. The first kappa shape index (κ1) is 20.8. The molecule has 1 aliphatic heterocycles. The predicted octanol–water partition coefficient (Wildman–Crippen LogP) is 6.16. The summed E-state index contributed by atoms with van der Waals surface area (Å²) in [5.41, 5.74) is 0.736. The Hall–Kier alpha value is -0.880. The van der Waals surface area contributed by atoms with Gasteiger partial charge in [-0.2, -0.15) is 0 Å². The standard InChI is InChI=1S/C19H29NOP.C5H10/c1-14(2)17-13-21-19(20-17)16-11-8-12-18(16)22(3,4)15-9-6-5-7-10-15;1-2-4-5-3-1/h5-7,9-10,14,16-18H,8,11-13H2,1-4H3;1-5H2/q+1;/t16?,17-,18?;/m1./s1. The third-order valence-corrected chi connectivity index (χ3v) is 10.7. The molecule has 2 unspecified atom stereocenters. The minimum atomic E-state index is -1.16. The van der Waals surface area contributed by atoms with E-state index in [1.807, 2.05) is 0 Å². The molecule has 0 N–H and O–H groups in total. The molecule has 4 rings (SSSR count). The second-order valence-corrected chi connectivity index (χ2v) is 13.6. The molecule has 0 radical (unpaired) electrons. The van der Waals surface area contributed by atoms with E-state index in [0.717, 1.165) is 18.2 Å². The van der Waals surface area contributed by atoms with Crippen molar-refractivity contribution in [1.29, 1.82) is 0 Å². The first-order valence-corrected chi connectivity index (χ1v) is 13.8. The summed E-state index contributed by atoms with van der Waals surface area (Å²) in [6.07, 6.45) is 11.4. The lowest BCUT2D eigenvalue weighted by atomic mass is 10.1. The fourth-order valence-corrected chi connectivity index (χ4v) is 8.17. The monoisotopic (exact) mass is 388 g/mol. The molecule has 2 nitrogen and oxygen atoms in total. The van der Waals surface area contributed by atoms with E-state index in [2.05, 4.69) is 57.5 Å². The molecule has 0 aromatic heterocycles. The zero-order chi connectivity index (χ0) is 19.3. The largest absolute Gasteiger partial charge is 0.478 e. The lowest BCUT2D eigenvalue weighted by Gasteiger charge is -2.29. The number of benzene rings is 1. The Morgan fingerprint density at radius 2 is 1.56 bits per heavy atom. The third kappa shape index (κ3) is 5.14. The van der Waals surface area contributed by atoms with Gasteiger partial charge in [0.2, 0.25) is 0 Å². The van der Waals surface area contributed by atoms with E-state index in [-0.39, 0.29) is 0 Å². The lowest BCUT2D eigenvalue weighted by Crippen LogP contribution is -2.30. The van der Waals surface area contributed by atoms with Gasteiger partial charge >= 0.3 is 0 Å². The molecule has 3 atom stereocenters. The van der Waals surface area contributed by atoms with Crippen LogP contribution in [-0.4, -0.2) is 37.5 Å². The van der Waals surface area contributed by atoms with Crippen molar-refractivity contribution < 1.29 is 4.74 Å². The molecule has 2 saturated carbocycles. The average Bonchev–Trinajstić information content (AvgIpc) is 3.45. The third-order valence-electron chi connectivity index (χ3n) is 6.76. The van der Waals surface area contributed by atoms with E-state index in [1.54, 1.807) is 5.30 Å². The van der Waals surface area contributed by atoms with Gasteiger partial charge in [-0.15, -0.1) is 0 Å². The summed E-state index contributed by atoms with van der Waals surface area (Å²) >= 11 is 0. The van der Waals surface area contributed by atoms with Crippen molar-refractivity contribution in [2.24, 2.45) is 16.8 Å². The zero-order valence-electron chi connectivity index (χ0n) is 17.9. The summed E-state index contributed by atoms with van der Waals surface area (Å²) in [7, 11) is -1.16. The van der Waals surface area contributed by atoms with Gasteiger partial charge in [0.15, 0.2) is 5.90 Å². The minimum absolute atomic E-state index is 0.370. The van der Waals surface area contributed by atoms with Gasteiger partial charge in [0.1, 0.15) is 6.61 Å².